The molecule has 0 heterocycles. The van der Waals surface area contributed by atoms with Crippen molar-refractivity contribution in [3.8, 4) is 0 Å². The summed E-state index contributed by atoms with van der Waals surface area (Å²) in [4.78, 5) is 0. The van der Waals surface area contributed by atoms with Crippen molar-refractivity contribution in [2.75, 3.05) is 4.72 Å². The highest BCUT2D eigenvalue weighted by Crippen LogP contribution is 2.35. The van der Waals surface area contributed by atoms with Gasteiger partial charge in [-0.3, -0.25) is 0 Å². The molecule has 0 aromatic heterocycles. The van der Waals surface area contributed by atoms with Gasteiger partial charge in [0.15, 0.2) is 0 Å². The smallest absolute Gasteiger partial charge is 0.0512 e. The van der Waals surface area contributed by atoms with Gasteiger partial charge in [0.1, 0.15) is 0 Å². The third-order valence-electron chi connectivity index (χ3n) is 2.04. The Morgan fingerprint density at radius 1 is 1.38 bits per heavy atom. The lowest BCUT2D eigenvalue weighted by Crippen LogP contribution is -1.90. The van der Waals surface area contributed by atoms with Crippen LogP contribution < -0.4 is 4.72 Å². The molecule has 1 aliphatic carbocycles. The molecule has 0 radical (unpaired) electrons. The summed E-state index contributed by atoms with van der Waals surface area (Å²) >= 11 is 1.83. The molecule has 2 heteroatoms. The molecule has 1 aliphatic rings. The Labute approximate surface area is 83.4 Å². The number of benzene rings is 1. The molecule has 1 nitrogen and oxygen atoms in total. The minimum Gasteiger partial charge on any atom is -0.329 e. The molecule has 0 spiro atoms. The molecule has 0 amide bonds. The fourth-order valence-corrected chi connectivity index (χ4v) is 1.95. The Morgan fingerprint density at radius 3 is 2.85 bits per heavy atom. The summed E-state index contributed by atoms with van der Waals surface area (Å²) in [6.45, 7) is 3.79. The van der Waals surface area contributed by atoms with Gasteiger partial charge in [-0.1, -0.05) is 30.9 Å². The van der Waals surface area contributed by atoms with E-state index in [0.717, 1.165) is 5.25 Å². The van der Waals surface area contributed by atoms with Crippen molar-refractivity contribution in [1.82, 2.24) is 0 Å². The average Bonchev–Trinajstić information content (AvgIpc) is 2.99. The van der Waals surface area contributed by atoms with Crippen LogP contribution in [0, 0.1) is 0 Å². The topological polar surface area (TPSA) is 12.0 Å². The SMILES string of the molecule is C=Cc1ccccc1NSC1CC1. The van der Waals surface area contributed by atoms with Gasteiger partial charge in [-0.15, -0.1) is 0 Å². The maximum absolute atomic E-state index is 3.79. The number of nitrogens with one attached hydrogen (secondary N) is 1. The number of hydrogen-bond donors (Lipinski definition) is 1. The van der Waals surface area contributed by atoms with Gasteiger partial charge < -0.3 is 4.72 Å². The van der Waals surface area contributed by atoms with Crippen molar-refractivity contribution in [2.24, 2.45) is 0 Å². The van der Waals surface area contributed by atoms with E-state index in [-0.39, 0.29) is 0 Å². The summed E-state index contributed by atoms with van der Waals surface area (Å²) in [5, 5.41) is 0.831. The third kappa shape index (κ3) is 2.28. The molecule has 1 N–H and O–H groups in total. The fraction of sp³-hybridized carbons (Fsp3) is 0.273. The first-order valence-corrected chi connectivity index (χ1v) is 5.41. The van der Waals surface area contributed by atoms with Crippen LogP contribution in [-0.4, -0.2) is 5.25 Å². The van der Waals surface area contributed by atoms with Crippen LogP contribution in [0.15, 0.2) is 30.8 Å². The van der Waals surface area contributed by atoms with E-state index in [9.17, 15) is 0 Å². The van der Waals surface area contributed by atoms with E-state index in [1.807, 2.05) is 30.2 Å². The molecule has 0 unspecified atom stereocenters. The highest BCUT2D eigenvalue weighted by Gasteiger charge is 2.22. The van der Waals surface area contributed by atoms with Gasteiger partial charge in [0.25, 0.3) is 0 Å². The molecule has 1 saturated carbocycles. The molecule has 0 aliphatic heterocycles. The second-order valence-corrected chi connectivity index (χ2v) is 4.32. The molecule has 2 rings (SSSR count). The number of anilines is 1. The Morgan fingerprint density at radius 2 is 2.15 bits per heavy atom. The van der Waals surface area contributed by atoms with Crippen molar-refractivity contribution >= 4 is 23.7 Å². The summed E-state index contributed by atoms with van der Waals surface area (Å²) < 4.78 is 3.37. The molecule has 0 atom stereocenters. The molecule has 1 fully saturated rings. The molecule has 68 valence electrons. The molecule has 0 saturated heterocycles. The highest BCUT2D eigenvalue weighted by molar-refractivity contribution is 8.01. The summed E-state index contributed by atoms with van der Waals surface area (Å²) in [6, 6.07) is 8.24. The molecular formula is C11H13NS. The summed E-state index contributed by atoms with van der Waals surface area (Å²) in [5.41, 5.74) is 2.35. The predicted molar refractivity (Wildman–Crippen MR) is 60.8 cm³/mol. The lowest BCUT2D eigenvalue weighted by Gasteiger charge is -2.07. The third-order valence-corrected chi connectivity index (χ3v) is 3.18. The lowest BCUT2D eigenvalue weighted by molar-refractivity contribution is 1.50. The molecular weight excluding hydrogens is 178 g/mol. The van der Waals surface area contributed by atoms with E-state index in [1.54, 1.807) is 0 Å². The number of para-hydroxylation sites is 1. The predicted octanol–water partition coefficient (Wildman–Crippen LogP) is 3.55. The summed E-state index contributed by atoms with van der Waals surface area (Å²) in [6.07, 6.45) is 4.59. The van der Waals surface area contributed by atoms with E-state index in [1.165, 1.54) is 24.1 Å². The maximum Gasteiger partial charge on any atom is 0.0512 e. The van der Waals surface area contributed by atoms with Gasteiger partial charge in [-0.2, -0.15) is 0 Å². The first kappa shape index (κ1) is 8.70. The van der Waals surface area contributed by atoms with Crippen molar-refractivity contribution in [3.05, 3.63) is 36.4 Å². The number of hydrogen-bond acceptors (Lipinski definition) is 2. The molecule has 1 aromatic carbocycles. The monoisotopic (exact) mass is 191 g/mol. The van der Waals surface area contributed by atoms with Crippen LogP contribution in [0.3, 0.4) is 0 Å². The average molecular weight is 191 g/mol. The van der Waals surface area contributed by atoms with Gasteiger partial charge in [0.05, 0.1) is 5.69 Å². The minimum atomic E-state index is 0.831. The zero-order valence-electron chi connectivity index (χ0n) is 7.49. The van der Waals surface area contributed by atoms with E-state index in [0.29, 0.717) is 0 Å². The first-order chi connectivity index (χ1) is 6.40. The zero-order valence-corrected chi connectivity index (χ0v) is 8.31. The Balaban J connectivity index is 2.03. The maximum atomic E-state index is 3.79. The summed E-state index contributed by atoms with van der Waals surface area (Å²) in [5.74, 6) is 0. The van der Waals surface area contributed by atoms with Crippen molar-refractivity contribution < 1.29 is 0 Å². The van der Waals surface area contributed by atoms with Gasteiger partial charge in [-0.05, 0) is 36.4 Å². The van der Waals surface area contributed by atoms with Gasteiger partial charge in [-0.25, -0.2) is 0 Å². The Hall–Kier alpha value is -0.890. The number of rotatable bonds is 4. The second-order valence-electron chi connectivity index (χ2n) is 3.21. The molecule has 13 heavy (non-hydrogen) atoms. The van der Waals surface area contributed by atoms with Crippen LogP contribution in [0.1, 0.15) is 18.4 Å². The van der Waals surface area contributed by atoms with E-state index in [2.05, 4.69) is 23.4 Å². The first-order valence-electron chi connectivity index (χ1n) is 4.53. The van der Waals surface area contributed by atoms with Gasteiger partial charge in [0, 0.05) is 5.25 Å². The van der Waals surface area contributed by atoms with Crippen molar-refractivity contribution in [3.63, 3.8) is 0 Å². The van der Waals surface area contributed by atoms with Crippen molar-refractivity contribution in [2.45, 2.75) is 18.1 Å². The van der Waals surface area contributed by atoms with Gasteiger partial charge in [0.2, 0.25) is 0 Å². The largest absolute Gasteiger partial charge is 0.329 e. The molecule has 1 aromatic rings. The normalized spacial score (nSPS) is 15.4. The highest BCUT2D eigenvalue weighted by atomic mass is 32.2. The van der Waals surface area contributed by atoms with E-state index >= 15 is 0 Å². The quantitative estimate of drug-likeness (QED) is 0.730. The second kappa shape index (κ2) is 3.88. The Kier molecular flexibility index (Phi) is 2.60. The van der Waals surface area contributed by atoms with Crippen LogP contribution in [0.25, 0.3) is 6.08 Å². The van der Waals surface area contributed by atoms with Gasteiger partial charge >= 0.3 is 0 Å². The van der Waals surface area contributed by atoms with E-state index in [4.69, 9.17) is 0 Å². The van der Waals surface area contributed by atoms with Crippen LogP contribution in [-0.2, 0) is 0 Å². The minimum absolute atomic E-state index is 0.831. The summed E-state index contributed by atoms with van der Waals surface area (Å²) in [7, 11) is 0. The van der Waals surface area contributed by atoms with Crippen LogP contribution in [0.5, 0.6) is 0 Å². The fourth-order valence-electron chi connectivity index (χ4n) is 1.10. The standard InChI is InChI=1S/C11H13NS/c1-2-9-5-3-4-6-11(9)12-13-10-7-8-10/h2-6,10,12H,1,7-8H2. The van der Waals surface area contributed by atoms with Crippen molar-refractivity contribution in [1.29, 1.82) is 0 Å². The Bertz CT molecular complexity index is 305. The van der Waals surface area contributed by atoms with Crippen LogP contribution in [0.2, 0.25) is 0 Å². The lowest BCUT2D eigenvalue weighted by atomic mass is 10.2. The van der Waals surface area contributed by atoms with Crippen LogP contribution in [0.4, 0.5) is 5.69 Å². The molecule has 0 bridgehead atoms. The van der Waals surface area contributed by atoms with Crippen LogP contribution >= 0.6 is 11.9 Å². The van der Waals surface area contributed by atoms with E-state index < -0.39 is 0 Å². The zero-order chi connectivity index (χ0) is 9.10.